The maximum Gasteiger partial charge on any atom is 0.313 e. The number of nitrogens with two attached hydrogens (primary N) is 1. The number of unbranched alkanes of at least 4 members (excludes halogenated alkanes) is 5. The minimum absolute atomic E-state index is 0.0789. The zero-order valence-electron chi connectivity index (χ0n) is 11.4. The highest BCUT2D eigenvalue weighted by atomic mass is 16.6. The van der Waals surface area contributed by atoms with Crippen LogP contribution in [0.1, 0.15) is 51.0 Å². The van der Waals surface area contributed by atoms with Crippen molar-refractivity contribution in [2.45, 2.75) is 51.9 Å². The van der Waals surface area contributed by atoms with Crippen LogP contribution in [-0.4, -0.2) is 10.0 Å². The molecule has 0 atom stereocenters. The highest BCUT2D eigenvalue weighted by molar-refractivity contribution is 5.64. The number of aromatic hydroxyl groups is 1. The van der Waals surface area contributed by atoms with Crippen molar-refractivity contribution in [1.29, 1.82) is 0 Å². The van der Waals surface area contributed by atoms with E-state index in [0.29, 0.717) is 0 Å². The summed E-state index contributed by atoms with van der Waals surface area (Å²) in [6, 6.07) is 3.03. The molecule has 1 rings (SSSR count). The number of nitrogens with zero attached hydrogens (tertiary/aromatic N) is 1. The Kier molecular flexibility index (Phi) is 6.12. The predicted molar refractivity (Wildman–Crippen MR) is 76.3 cm³/mol. The Hall–Kier alpha value is -1.78. The molecule has 5 heteroatoms. The van der Waals surface area contributed by atoms with Gasteiger partial charge in [0, 0.05) is 6.07 Å². The predicted octanol–water partition coefficient (Wildman–Crippen LogP) is 3.79. The molecule has 0 unspecified atom stereocenters. The van der Waals surface area contributed by atoms with Crippen LogP contribution >= 0.6 is 0 Å². The van der Waals surface area contributed by atoms with E-state index in [9.17, 15) is 15.2 Å². The number of nitro groups is 1. The average Bonchev–Trinajstić information content (AvgIpc) is 2.37. The fourth-order valence-corrected chi connectivity index (χ4v) is 2.09. The van der Waals surface area contributed by atoms with Crippen molar-refractivity contribution in [3.63, 3.8) is 0 Å². The number of phenolic OH excluding ortho intramolecular Hbond substituents is 1. The maximum atomic E-state index is 10.8. The van der Waals surface area contributed by atoms with E-state index < -0.39 is 10.7 Å². The molecule has 0 aromatic heterocycles. The van der Waals surface area contributed by atoms with E-state index in [1.807, 2.05) is 0 Å². The fraction of sp³-hybridized carbons (Fsp3) is 0.571. The SMILES string of the molecule is CCCCCCCCc1cc(N)c(O)c([N+](=O)[O-])c1. The third-order valence-electron chi connectivity index (χ3n) is 3.19. The van der Waals surface area contributed by atoms with Gasteiger partial charge in [0.15, 0.2) is 0 Å². The largest absolute Gasteiger partial charge is 0.501 e. The molecule has 0 amide bonds. The van der Waals surface area contributed by atoms with Crippen LogP contribution in [0.15, 0.2) is 12.1 Å². The lowest BCUT2D eigenvalue weighted by atomic mass is 10.0. The Balaban J connectivity index is 2.52. The van der Waals surface area contributed by atoms with Gasteiger partial charge in [0.1, 0.15) is 0 Å². The van der Waals surface area contributed by atoms with E-state index in [0.717, 1.165) is 24.8 Å². The van der Waals surface area contributed by atoms with Gasteiger partial charge in [0.05, 0.1) is 10.6 Å². The second-order valence-corrected chi connectivity index (χ2v) is 4.83. The van der Waals surface area contributed by atoms with Crippen molar-refractivity contribution >= 4 is 11.4 Å². The minimum atomic E-state index is -0.601. The molecule has 0 saturated carbocycles. The summed E-state index contributed by atoms with van der Waals surface area (Å²) in [7, 11) is 0. The Bertz CT molecular complexity index is 433. The second-order valence-electron chi connectivity index (χ2n) is 4.83. The zero-order chi connectivity index (χ0) is 14.3. The van der Waals surface area contributed by atoms with Gasteiger partial charge in [-0.2, -0.15) is 0 Å². The number of hydrogen-bond donors (Lipinski definition) is 2. The lowest BCUT2D eigenvalue weighted by molar-refractivity contribution is -0.385. The number of phenols is 1. The molecule has 5 nitrogen and oxygen atoms in total. The smallest absolute Gasteiger partial charge is 0.313 e. The Labute approximate surface area is 113 Å². The molecule has 106 valence electrons. The van der Waals surface area contributed by atoms with E-state index in [4.69, 9.17) is 5.73 Å². The number of benzene rings is 1. The minimum Gasteiger partial charge on any atom is -0.501 e. The molecule has 1 aromatic carbocycles. The quantitative estimate of drug-likeness (QED) is 0.246. The van der Waals surface area contributed by atoms with Crippen LogP contribution in [0.5, 0.6) is 5.75 Å². The van der Waals surface area contributed by atoms with Crippen molar-refractivity contribution in [3.8, 4) is 5.75 Å². The molecular weight excluding hydrogens is 244 g/mol. The van der Waals surface area contributed by atoms with Gasteiger partial charge in [-0.05, 0) is 24.5 Å². The number of rotatable bonds is 8. The topological polar surface area (TPSA) is 89.4 Å². The van der Waals surface area contributed by atoms with E-state index in [1.165, 1.54) is 31.7 Å². The second kappa shape index (κ2) is 7.61. The molecule has 0 heterocycles. The molecule has 0 saturated heterocycles. The molecule has 0 aliphatic carbocycles. The summed E-state index contributed by atoms with van der Waals surface area (Å²) in [5, 5.41) is 20.3. The molecular formula is C14H22N2O3. The van der Waals surface area contributed by atoms with Crippen LogP contribution in [0.4, 0.5) is 11.4 Å². The summed E-state index contributed by atoms with van der Waals surface area (Å²) in [6.45, 7) is 2.18. The molecule has 0 radical (unpaired) electrons. The standard InChI is InChI=1S/C14H22N2O3/c1-2-3-4-5-6-7-8-11-9-12(15)14(17)13(10-11)16(18)19/h9-10,17H,2-8,15H2,1H3. The van der Waals surface area contributed by atoms with Crippen molar-refractivity contribution < 1.29 is 10.0 Å². The Morgan fingerprint density at radius 3 is 2.47 bits per heavy atom. The maximum absolute atomic E-state index is 10.8. The first-order valence-electron chi connectivity index (χ1n) is 6.82. The summed E-state index contributed by atoms with van der Waals surface area (Å²) >= 11 is 0. The summed E-state index contributed by atoms with van der Waals surface area (Å²) in [4.78, 5) is 10.2. The lowest BCUT2D eigenvalue weighted by Gasteiger charge is -2.05. The lowest BCUT2D eigenvalue weighted by Crippen LogP contribution is -1.96. The van der Waals surface area contributed by atoms with Crippen molar-refractivity contribution in [3.05, 3.63) is 27.8 Å². The van der Waals surface area contributed by atoms with Gasteiger partial charge < -0.3 is 10.8 Å². The van der Waals surface area contributed by atoms with Crippen LogP contribution in [-0.2, 0) is 6.42 Å². The Morgan fingerprint density at radius 2 is 1.84 bits per heavy atom. The molecule has 19 heavy (non-hydrogen) atoms. The summed E-state index contributed by atoms with van der Waals surface area (Å²) in [5.74, 6) is -0.434. The summed E-state index contributed by atoms with van der Waals surface area (Å²) in [6.07, 6.45) is 7.80. The molecule has 0 aliphatic heterocycles. The van der Waals surface area contributed by atoms with E-state index in [2.05, 4.69) is 6.92 Å². The molecule has 0 fully saturated rings. The van der Waals surface area contributed by atoms with E-state index in [1.54, 1.807) is 6.07 Å². The third kappa shape index (κ3) is 4.77. The Morgan fingerprint density at radius 1 is 1.21 bits per heavy atom. The monoisotopic (exact) mass is 266 g/mol. The van der Waals surface area contributed by atoms with Crippen LogP contribution in [0.3, 0.4) is 0 Å². The van der Waals surface area contributed by atoms with Gasteiger partial charge in [0.25, 0.3) is 0 Å². The van der Waals surface area contributed by atoms with Crippen LogP contribution < -0.4 is 5.73 Å². The number of nitrogen functional groups attached to an aromatic ring is 1. The third-order valence-corrected chi connectivity index (χ3v) is 3.19. The zero-order valence-corrected chi connectivity index (χ0v) is 11.4. The van der Waals surface area contributed by atoms with Gasteiger partial charge in [-0.3, -0.25) is 10.1 Å². The fourth-order valence-electron chi connectivity index (χ4n) is 2.09. The first kappa shape index (κ1) is 15.3. The summed E-state index contributed by atoms with van der Waals surface area (Å²) < 4.78 is 0. The van der Waals surface area contributed by atoms with Gasteiger partial charge in [-0.25, -0.2) is 0 Å². The molecule has 0 bridgehead atoms. The van der Waals surface area contributed by atoms with Crippen LogP contribution in [0.2, 0.25) is 0 Å². The summed E-state index contributed by atoms with van der Waals surface area (Å²) in [5.41, 5.74) is 6.17. The van der Waals surface area contributed by atoms with Crippen molar-refractivity contribution in [1.82, 2.24) is 0 Å². The number of hydrogen-bond acceptors (Lipinski definition) is 4. The first-order valence-corrected chi connectivity index (χ1v) is 6.82. The number of aryl methyl sites for hydroxylation is 1. The number of nitro benzene ring substituents is 1. The highest BCUT2D eigenvalue weighted by Gasteiger charge is 2.17. The molecule has 1 aromatic rings. The van der Waals surface area contributed by atoms with Crippen molar-refractivity contribution in [2.75, 3.05) is 5.73 Å². The molecule has 0 spiro atoms. The van der Waals surface area contributed by atoms with E-state index >= 15 is 0 Å². The van der Waals surface area contributed by atoms with Crippen LogP contribution in [0, 0.1) is 10.1 Å². The van der Waals surface area contributed by atoms with E-state index in [-0.39, 0.29) is 11.4 Å². The van der Waals surface area contributed by atoms with Gasteiger partial charge in [-0.15, -0.1) is 0 Å². The first-order chi connectivity index (χ1) is 9.06. The number of anilines is 1. The normalized spacial score (nSPS) is 10.6. The van der Waals surface area contributed by atoms with Gasteiger partial charge in [0.2, 0.25) is 5.75 Å². The van der Waals surface area contributed by atoms with Crippen LogP contribution in [0.25, 0.3) is 0 Å². The molecule has 3 N–H and O–H groups in total. The van der Waals surface area contributed by atoms with Gasteiger partial charge >= 0.3 is 5.69 Å². The van der Waals surface area contributed by atoms with Gasteiger partial charge in [-0.1, -0.05) is 39.0 Å². The average molecular weight is 266 g/mol. The highest BCUT2D eigenvalue weighted by Crippen LogP contribution is 2.33. The molecule has 0 aliphatic rings. The van der Waals surface area contributed by atoms with Crippen molar-refractivity contribution in [2.24, 2.45) is 0 Å².